The van der Waals surface area contributed by atoms with Crippen LogP contribution < -0.4 is 0 Å². The summed E-state index contributed by atoms with van der Waals surface area (Å²) >= 11 is 0. The summed E-state index contributed by atoms with van der Waals surface area (Å²) in [5.74, 6) is -0.288. The van der Waals surface area contributed by atoms with Gasteiger partial charge in [-0.05, 0) is 83.1 Å². The lowest BCUT2D eigenvalue weighted by Crippen LogP contribution is -2.37. The molecule has 0 aliphatic carbocycles. The molecule has 0 saturated heterocycles. The van der Waals surface area contributed by atoms with E-state index in [4.69, 9.17) is 18.5 Å². The summed E-state index contributed by atoms with van der Waals surface area (Å²) in [6, 6.07) is 0. The van der Waals surface area contributed by atoms with Crippen LogP contribution in [0, 0.1) is 0 Å². The molecule has 0 spiro atoms. The Balaban J connectivity index is 4.30. The Kier molecular flexibility index (Phi) is 37.9. The predicted molar refractivity (Wildman–Crippen MR) is 233 cm³/mol. The molecule has 55 heavy (non-hydrogen) atoms. The van der Waals surface area contributed by atoms with Crippen molar-refractivity contribution in [1.82, 2.24) is 0 Å². The summed E-state index contributed by atoms with van der Waals surface area (Å²) < 4.78 is 34.8. The summed E-state index contributed by atoms with van der Waals surface area (Å²) in [5, 5.41) is 0. The highest BCUT2D eigenvalue weighted by atomic mass is 31.2. The minimum Gasteiger partial charge on any atom is -0.492 e. The maximum absolute atomic E-state index is 12.5. The lowest BCUT2D eigenvalue weighted by atomic mass is 10.1. The van der Waals surface area contributed by atoms with Gasteiger partial charge in [0, 0.05) is 6.42 Å². The molecule has 0 aromatic heterocycles. The van der Waals surface area contributed by atoms with Crippen LogP contribution in [-0.4, -0.2) is 69.0 Å². The van der Waals surface area contributed by atoms with Crippen molar-refractivity contribution in [2.24, 2.45) is 0 Å². The standard InChI is InChI=1S/C46H86NO7P/c1-6-8-10-12-14-16-18-20-22-24-25-27-29-31-33-35-37-39-46(48)52-43-45(44-54-55(49,50)53-42-40-47(3,4)5)51-41-38-36-34-32-30-28-26-23-21-19-17-15-13-11-9-7-2/h14,16,20-23,38,41,45H,6-13,15,17-19,24-37,39-40,42-44H2,1-5H3/p+1/b16-14-,22-20-,23-21-,41-38-. The SMILES string of the molecule is CCCCC/C=C\C/C=C\CCCCCCCCCC(=O)OCC(COP(=O)(O)OCC[N+](C)(C)C)O/C=C\CCCCCC/C=C\CCCCCCCC. The predicted octanol–water partition coefficient (Wildman–Crippen LogP) is 13.5. The second-order valence-corrected chi connectivity index (χ2v) is 17.6. The zero-order chi connectivity index (χ0) is 40.6. The normalized spacial score (nSPS) is 14.1. The topological polar surface area (TPSA) is 91.3 Å². The van der Waals surface area contributed by atoms with Gasteiger partial charge in [-0.2, -0.15) is 0 Å². The number of rotatable bonds is 41. The molecule has 2 atom stereocenters. The van der Waals surface area contributed by atoms with E-state index in [0.717, 1.165) is 57.8 Å². The summed E-state index contributed by atoms with van der Waals surface area (Å²) in [7, 11) is 1.66. The Hall–Kier alpha value is -1.70. The van der Waals surface area contributed by atoms with Gasteiger partial charge in [0.25, 0.3) is 0 Å². The number of phosphoric ester groups is 1. The number of phosphoric acid groups is 1. The fourth-order valence-corrected chi connectivity index (χ4v) is 6.60. The third-order valence-corrected chi connectivity index (χ3v) is 10.4. The highest BCUT2D eigenvalue weighted by Crippen LogP contribution is 2.43. The molecule has 0 fully saturated rings. The summed E-state index contributed by atoms with van der Waals surface area (Å²) in [5.41, 5.74) is 0. The first-order chi connectivity index (χ1) is 26.6. The number of unbranched alkanes of at least 4 members (excludes halogenated alkanes) is 21. The number of allylic oxidation sites excluding steroid dienone is 7. The first-order valence-corrected chi connectivity index (χ1v) is 23.9. The Morgan fingerprint density at radius 3 is 1.55 bits per heavy atom. The van der Waals surface area contributed by atoms with Gasteiger partial charge in [-0.3, -0.25) is 13.8 Å². The Morgan fingerprint density at radius 2 is 1.02 bits per heavy atom. The molecule has 8 nitrogen and oxygen atoms in total. The first kappa shape index (κ1) is 53.3. The van der Waals surface area contributed by atoms with E-state index in [9.17, 15) is 14.3 Å². The van der Waals surface area contributed by atoms with Crippen LogP contribution in [0.2, 0.25) is 0 Å². The minimum atomic E-state index is -4.27. The van der Waals surface area contributed by atoms with Gasteiger partial charge in [-0.1, -0.05) is 140 Å². The molecule has 0 rings (SSSR count). The fraction of sp³-hybridized carbons (Fsp3) is 0.804. The molecule has 0 saturated carbocycles. The molecule has 0 radical (unpaired) electrons. The first-order valence-electron chi connectivity index (χ1n) is 22.4. The van der Waals surface area contributed by atoms with Crippen LogP contribution in [0.1, 0.15) is 187 Å². The maximum atomic E-state index is 12.5. The molecule has 0 aromatic carbocycles. The lowest BCUT2D eigenvalue weighted by Gasteiger charge is -2.24. The molecule has 0 aliphatic heterocycles. The van der Waals surface area contributed by atoms with Crippen molar-refractivity contribution in [2.75, 3.05) is 47.5 Å². The number of nitrogens with zero attached hydrogens (tertiary/aromatic N) is 1. The van der Waals surface area contributed by atoms with Crippen molar-refractivity contribution in [3.8, 4) is 0 Å². The number of esters is 1. The van der Waals surface area contributed by atoms with E-state index in [1.807, 2.05) is 27.2 Å². The van der Waals surface area contributed by atoms with Gasteiger partial charge in [-0.15, -0.1) is 0 Å². The lowest BCUT2D eigenvalue weighted by molar-refractivity contribution is -0.870. The van der Waals surface area contributed by atoms with Crippen LogP contribution in [0.5, 0.6) is 0 Å². The van der Waals surface area contributed by atoms with E-state index in [1.54, 1.807) is 6.26 Å². The highest BCUT2D eigenvalue weighted by molar-refractivity contribution is 7.47. The summed E-state index contributed by atoms with van der Waals surface area (Å²) in [6.45, 7) is 4.86. The molecule has 9 heteroatoms. The van der Waals surface area contributed by atoms with E-state index in [-0.39, 0.29) is 25.8 Å². The van der Waals surface area contributed by atoms with Crippen LogP contribution in [-0.2, 0) is 27.9 Å². The van der Waals surface area contributed by atoms with Gasteiger partial charge in [0.2, 0.25) is 0 Å². The van der Waals surface area contributed by atoms with Gasteiger partial charge in [-0.25, -0.2) is 4.57 Å². The van der Waals surface area contributed by atoms with Crippen molar-refractivity contribution < 1.29 is 37.3 Å². The number of carbonyl (C=O) groups is 1. The number of quaternary nitrogens is 1. The molecule has 0 heterocycles. The van der Waals surface area contributed by atoms with Crippen molar-refractivity contribution >= 4 is 13.8 Å². The van der Waals surface area contributed by atoms with Crippen molar-refractivity contribution in [3.63, 3.8) is 0 Å². The second-order valence-electron chi connectivity index (χ2n) is 16.1. The van der Waals surface area contributed by atoms with Gasteiger partial charge in [0.15, 0.2) is 6.10 Å². The van der Waals surface area contributed by atoms with Crippen molar-refractivity contribution in [2.45, 2.75) is 193 Å². The number of hydrogen-bond donors (Lipinski definition) is 1. The third kappa shape index (κ3) is 43.3. The van der Waals surface area contributed by atoms with Crippen molar-refractivity contribution in [1.29, 1.82) is 0 Å². The molecular weight excluding hydrogens is 709 g/mol. The number of likely N-dealkylation sites (N-methyl/N-ethyl adjacent to an activating group) is 1. The number of hydrogen-bond acceptors (Lipinski definition) is 6. The Bertz CT molecular complexity index is 1020. The molecule has 0 aliphatic rings. The molecule has 0 bridgehead atoms. The average Bonchev–Trinajstić information content (AvgIpc) is 3.14. The quantitative estimate of drug-likeness (QED) is 0.0164. The van der Waals surface area contributed by atoms with Crippen molar-refractivity contribution in [3.05, 3.63) is 48.8 Å². The van der Waals surface area contributed by atoms with Crippen LogP contribution in [0.3, 0.4) is 0 Å². The smallest absolute Gasteiger partial charge is 0.472 e. The molecule has 1 N–H and O–H groups in total. The van der Waals surface area contributed by atoms with Crippen LogP contribution in [0.4, 0.5) is 0 Å². The van der Waals surface area contributed by atoms with E-state index in [0.29, 0.717) is 17.4 Å². The fourth-order valence-electron chi connectivity index (χ4n) is 5.85. The maximum Gasteiger partial charge on any atom is 0.472 e. The second kappa shape index (κ2) is 39.1. The zero-order valence-electron chi connectivity index (χ0n) is 36.4. The average molecular weight is 797 g/mol. The molecule has 322 valence electrons. The van der Waals surface area contributed by atoms with E-state index >= 15 is 0 Å². The summed E-state index contributed by atoms with van der Waals surface area (Å²) in [4.78, 5) is 22.7. The van der Waals surface area contributed by atoms with Gasteiger partial charge in [0.1, 0.15) is 19.8 Å². The molecule has 0 aromatic rings. The largest absolute Gasteiger partial charge is 0.492 e. The monoisotopic (exact) mass is 797 g/mol. The van der Waals surface area contributed by atoms with E-state index < -0.39 is 13.9 Å². The van der Waals surface area contributed by atoms with Crippen LogP contribution in [0.25, 0.3) is 0 Å². The van der Waals surface area contributed by atoms with Crippen LogP contribution >= 0.6 is 7.82 Å². The van der Waals surface area contributed by atoms with Crippen LogP contribution in [0.15, 0.2) is 48.8 Å². The molecule has 2 unspecified atom stereocenters. The molecular formula is C46H87NO7P+. The molecule has 0 amide bonds. The Labute approximate surface area is 339 Å². The van der Waals surface area contributed by atoms with E-state index in [1.165, 1.54) is 109 Å². The summed E-state index contributed by atoms with van der Waals surface area (Å²) in [6.07, 6.45) is 48.1. The Morgan fingerprint density at radius 1 is 0.582 bits per heavy atom. The highest BCUT2D eigenvalue weighted by Gasteiger charge is 2.25. The van der Waals surface area contributed by atoms with Gasteiger partial charge >= 0.3 is 13.8 Å². The van der Waals surface area contributed by atoms with Gasteiger partial charge < -0.3 is 18.9 Å². The zero-order valence-corrected chi connectivity index (χ0v) is 37.3. The number of ether oxygens (including phenoxy) is 2. The minimum absolute atomic E-state index is 0.0574. The third-order valence-electron chi connectivity index (χ3n) is 9.45. The number of carbonyl (C=O) groups excluding carboxylic acids is 1. The van der Waals surface area contributed by atoms with Gasteiger partial charge in [0.05, 0.1) is 34.0 Å². The van der Waals surface area contributed by atoms with E-state index in [2.05, 4.69) is 50.3 Å².